The van der Waals surface area contributed by atoms with Crippen molar-refractivity contribution in [3.63, 3.8) is 0 Å². The van der Waals surface area contributed by atoms with Crippen molar-refractivity contribution in [1.29, 1.82) is 0 Å². The molecular weight excluding hydrogens is 502 g/mol. The number of fused-ring (bicyclic) bond motifs is 5. The van der Waals surface area contributed by atoms with Crippen molar-refractivity contribution in [2.75, 3.05) is 6.54 Å². The van der Waals surface area contributed by atoms with E-state index in [1.54, 1.807) is 0 Å². The second-order valence-corrected chi connectivity index (χ2v) is 11.9. The Hall–Kier alpha value is -4.13. The van der Waals surface area contributed by atoms with Gasteiger partial charge < -0.3 is 19.3 Å². The maximum Gasteiger partial charge on any atom is 0.506 e. The largest absolute Gasteiger partial charge is 0.506 e. The standard InChI is InChI=1S/C33H33N3O4/c37-29(19-32-13-15-33(22-32,16-14-32)40-31(38)39)35-18-12-26-27-7-4-17-34-30(27)36(28(26)21-35)20-23-8-10-25(11-9-23)24-5-2-1-3-6-24/h1-11,17H,12-16,18-22H2,(H,38,39). The van der Waals surface area contributed by atoms with Gasteiger partial charge in [-0.15, -0.1) is 0 Å². The minimum absolute atomic E-state index is 0.137. The van der Waals surface area contributed by atoms with Crippen molar-refractivity contribution in [3.8, 4) is 11.1 Å². The van der Waals surface area contributed by atoms with E-state index in [9.17, 15) is 14.7 Å². The zero-order valence-electron chi connectivity index (χ0n) is 22.5. The van der Waals surface area contributed by atoms with Crippen LogP contribution >= 0.6 is 0 Å². The minimum atomic E-state index is -1.20. The molecule has 2 aliphatic carbocycles. The predicted octanol–water partition coefficient (Wildman–Crippen LogP) is 6.42. The average molecular weight is 536 g/mol. The lowest BCUT2D eigenvalue weighted by Gasteiger charge is -2.32. The summed E-state index contributed by atoms with van der Waals surface area (Å²) < 4.78 is 7.60. The summed E-state index contributed by atoms with van der Waals surface area (Å²) in [6.45, 7) is 1.96. The summed E-state index contributed by atoms with van der Waals surface area (Å²) in [4.78, 5) is 31.7. The van der Waals surface area contributed by atoms with Crippen LogP contribution in [0.25, 0.3) is 22.2 Å². The summed E-state index contributed by atoms with van der Waals surface area (Å²) in [5.74, 6) is 0.163. The molecule has 0 radical (unpaired) electrons. The number of carbonyl (C=O) groups is 2. The van der Waals surface area contributed by atoms with Gasteiger partial charge in [0.05, 0.1) is 6.54 Å². The van der Waals surface area contributed by atoms with Crippen LogP contribution in [0.4, 0.5) is 4.79 Å². The fourth-order valence-corrected chi connectivity index (χ4v) is 7.53. The molecule has 3 aliphatic rings. The summed E-state index contributed by atoms with van der Waals surface area (Å²) in [6, 6.07) is 23.2. The number of hydrogen-bond acceptors (Lipinski definition) is 4. The van der Waals surface area contributed by atoms with Crippen LogP contribution < -0.4 is 0 Å². The molecule has 7 nitrogen and oxygen atoms in total. The topological polar surface area (TPSA) is 84.7 Å². The minimum Gasteiger partial charge on any atom is -0.450 e. The van der Waals surface area contributed by atoms with Crippen molar-refractivity contribution < 1.29 is 19.4 Å². The van der Waals surface area contributed by atoms with Gasteiger partial charge in [0.15, 0.2) is 0 Å². The molecule has 3 heterocycles. The van der Waals surface area contributed by atoms with Gasteiger partial charge in [0.1, 0.15) is 11.2 Å². The number of carbonyl (C=O) groups excluding carboxylic acids is 1. The molecule has 0 unspecified atom stereocenters. The molecule has 0 saturated heterocycles. The molecule has 2 bridgehead atoms. The first-order valence-corrected chi connectivity index (χ1v) is 14.2. The Kier molecular flexibility index (Phi) is 5.91. The molecule has 1 N–H and O–H groups in total. The molecule has 4 aromatic rings. The molecule has 2 fully saturated rings. The van der Waals surface area contributed by atoms with Crippen LogP contribution in [-0.2, 0) is 29.0 Å². The number of nitrogens with zero attached hydrogens (tertiary/aromatic N) is 3. The van der Waals surface area contributed by atoms with Crippen LogP contribution in [-0.4, -0.2) is 43.8 Å². The van der Waals surface area contributed by atoms with Crippen LogP contribution in [0.15, 0.2) is 72.9 Å². The van der Waals surface area contributed by atoms with Gasteiger partial charge in [-0.05, 0) is 78.3 Å². The summed E-state index contributed by atoms with van der Waals surface area (Å²) >= 11 is 0. The first-order chi connectivity index (χ1) is 19.4. The summed E-state index contributed by atoms with van der Waals surface area (Å²) in [5, 5.41) is 10.4. The van der Waals surface area contributed by atoms with Gasteiger partial charge in [-0.25, -0.2) is 9.78 Å². The monoisotopic (exact) mass is 535 g/mol. The van der Waals surface area contributed by atoms with Crippen molar-refractivity contribution in [2.45, 2.75) is 63.6 Å². The molecular formula is C33H33N3O4. The van der Waals surface area contributed by atoms with Crippen molar-refractivity contribution >= 4 is 23.1 Å². The summed E-state index contributed by atoms with van der Waals surface area (Å²) in [7, 11) is 0. The van der Waals surface area contributed by atoms with Gasteiger partial charge in [-0.3, -0.25) is 4.79 Å². The second kappa shape index (κ2) is 9.51. The van der Waals surface area contributed by atoms with E-state index in [-0.39, 0.29) is 11.3 Å². The Labute approximate surface area is 233 Å². The molecule has 1 amide bonds. The van der Waals surface area contributed by atoms with Crippen molar-refractivity contribution in [1.82, 2.24) is 14.5 Å². The Bertz CT molecular complexity index is 1580. The molecule has 2 aromatic heterocycles. The smallest absolute Gasteiger partial charge is 0.450 e. The zero-order valence-corrected chi connectivity index (χ0v) is 22.5. The van der Waals surface area contributed by atoms with Crippen molar-refractivity contribution in [2.24, 2.45) is 5.41 Å². The van der Waals surface area contributed by atoms with Crippen LogP contribution in [0.1, 0.15) is 55.3 Å². The number of benzene rings is 2. The second-order valence-electron chi connectivity index (χ2n) is 11.9. The first kappa shape index (κ1) is 24.9. The third-order valence-corrected chi connectivity index (χ3v) is 9.52. The number of carboxylic acid groups (broad SMARTS) is 1. The Balaban J connectivity index is 1.13. The predicted molar refractivity (Wildman–Crippen MR) is 152 cm³/mol. The Morgan fingerprint density at radius 3 is 2.42 bits per heavy atom. The van der Waals surface area contributed by atoms with Crippen molar-refractivity contribution in [3.05, 3.63) is 89.7 Å². The Morgan fingerprint density at radius 1 is 0.925 bits per heavy atom. The SMILES string of the molecule is O=C(O)OC12CCC(CC(=O)N3CCc4c(n(Cc5ccc(-c6ccccc6)cc5)c5ncccc45)C3)(CC1)C2. The number of rotatable bonds is 6. The van der Waals surface area contributed by atoms with Gasteiger partial charge in [0, 0.05) is 36.8 Å². The highest BCUT2D eigenvalue weighted by Gasteiger charge is 2.57. The Morgan fingerprint density at radius 2 is 1.68 bits per heavy atom. The summed E-state index contributed by atoms with van der Waals surface area (Å²) in [5.41, 5.74) is 6.28. The lowest BCUT2D eigenvalue weighted by atomic mass is 9.80. The average Bonchev–Trinajstić information content (AvgIpc) is 3.61. The van der Waals surface area contributed by atoms with E-state index in [1.807, 2.05) is 23.2 Å². The maximum absolute atomic E-state index is 13.7. The molecule has 2 saturated carbocycles. The highest BCUT2D eigenvalue weighted by molar-refractivity contribution is 5.84. The van der Waals surface area contributed by atoms with Crippen LogP contribution in [0.2, 0.25) is 0 Å². The van der Waals surface area contributed by atoms with E-state index in [4.69, 9.17) is 9.72 Å². The molecule has 2 aromatic carbocycles. The quantitative estimate of drug-likeness (QED) is 0.288. The number of ether oxygens (including phenoxy) is 1. The molecule has 7 rings (SSSR count). The molecule has 0 spiro atoms. The lowest BCUT2D eigenvalue weighted by molar-refractivity contribution is -0.134. The highest BCUT2D eigenvalue weighted by atomic mass is 16.7. The molecule has 204 valence electrons. The van der Waals surface area contributed by atoms with Gasteiger partial charge in [-0.1, -0.05) is 54.6 Å². The number of pyridine rings is 1. The number of amides is 1. The third-order valence-electron chi connectivity index (χ3n) is 9.52. The molecule has 40 heavy (non-hydrogen) atoms. The fraction of sp³-hybridized carbons (Fsp3) is 0.364. The first-order valence-electron chi connectivity index (χ1n) is 14.2. The van der Waals surface area contributed by atoms with Gasteiger partial charge in [0.25, 0.3) is 0 Å². The zero-order chi connectivity index (χ0) is 27.3. The van der Waals surface area contributed by atoms with Gasteiger partial charge >= 0.3 is 6.16 Å². The lowest BCUT2D eigenvalue weighted by Crippen LogP contribution is -2.39. The van der Waals surface area contributed by atoms with Gasteiger partial charge in [-0.2, -0.15) is 0 Å². The highest BCUT2D eigenvalue weighted by Crippen LogP contribution is 2.60. The van der Waals surface area contributed by atoms with E-state index in [1.165, 1.54) is 33.3 Å². The van der Waals surface area contributed by atoms with E-state index in [2.05, 4.69) is 59.2 Å². The molecule has 1 aliphatic heterocycles. The van der Waals surface area contributed by atoms with E-state index < -0.39 is 11.8 Å². The normalized spacial score (nSPS) is 23.4. The van der Waals surface area contributed by atoms with E-state index in [0.29, 0.717) is 32.5 Å². The number of aromatic nitrogens is 2. The van der Waals surface area contributed by atoms with Gasteiger partial charge in [0.2, 0.25) is 5.91 Å². The number of hydrogen-bond donors (Lipinski definition) is 1. The molecule has 0 atom stereocenters. The fourth-order valence-electron chi connectivity index (χ4n) is 7.53. The van der Waals surface area contributed by atoms with E-state index in [0.717, 1.165) is 37.8 Å². The molecule has 7 heteroatoms. The summed E-state index contributed by atoms with van der Waals surface area (Å²) in [6.07, 6.45) is 5.73. The van der Waals surface area contributed by atoms with Crippen LogP contribution in [0.3, 0.4) is 0 Å². The van der Waals surface area contributed by atoms with E-state index >= 15 is 0 Å². The van der Waals surface area contributed by atoms with Crippen LogP contribution in [0.5, 0.6) is 0 Å². The van der Waals surface area contributed by atoms with Crippen LogP contribution in [0, 0.1) is 5.41 Å². The maximum atomic E-state index is 13.7. The third kappa shape index (κ3) is 4.34.